The van der Waals surface area contributed by atoms with Crippen molar-refractivity contribution >= 4 is 41.0 Å². The van der Waals surface area contributed by atoms with Crippen molar-refractivity contribution in [3.63, 3.8) is 0 Å². The van der Waals surface area contributed by atoms with Crippen LogP contribution in [0.25, 0.3) is 11.0 Å². The van der Waals surface area contributed by atoms with Gasteiger partial charge in [-0.2, -0.15) is 0 Å². The fourth-order valence-corrected chi connectivity index (χ4v) is 4.21. The first-order chi connectivity index (χ1) is 15.3. The summed E-state index contributed by atoms with van der Waals surface area (Å²) in [5, 5.41) is 7.07. The van der Waals surface area contributed by atoms with E-state index < -0.39 is 0 Å². The number of imidazole rings is 1. The SMILES string of the molecule is CCNC(=NCCCn1cnc2ccccc21)NC1CCN(Cc2ccccc2)CC1.I. The third-order valence-corrected chi connectivity index (χ3v) is 5.88. The number of guanidine groups is 1. The quantitative estimate of drug-likeness (QED) is 0.192. The largest absolute Gasteiger partial charge is 0.357 e. The van der Waals surface area contributed by atoms with E-state index in [0.717, 1.165) is 70.0 Å². The molecule has 6 nitrogen and oxygen atoms in total. The van der Waals surface area contributed by atoms with Crippen LogP contribution in [0, 0.1) is 0 Å². The van der Waals surface area contributed by atoms with E-state index in [0.29, 0.717) is 6.04 Å². The number of aliphatic imine (C=N–C) groups is 1. The van der Waals surface area contributed by atoms with Gasteiger partial charge in [-0.3, -0.25) is 9.89 Å². The lowest BCUT2D eigenvalue weighted by molar-refractivity contribution is 0.198. The Kier molecular flexibility index (Phi) is 9.80. The molecule has 4 rings (SSSR count). The number of aromatic nitrogens is 2. The molecule has 2 aromatic carbocycles. The summed E-state index contributed by atoms with van der Waals surface area (Å²) in [6, 6.07) is 19.5. The van der Waals surface area contributed by atoms with Gasteiger partial charge in [-0.1, -0.05) is 42.5 Å². The molecule has 0 radical (unpaired) electrons. The first-order valence-electron chi connectivity index (χ1n) is 11.5. The summed E-state index contributed by atoms with van der Waals surface area (Å²) < 4.78 is 2.22. The molecule has 0 unspecified atom stereocenters. The molecule has 1 aromatic heterocycles. The molecule has 172 valence electrons. The van der Waals surface area contributed by atoms with Crippen LogP contribution in [-0.4, -0.2) is 52.6 Å². The zero-order chi connectivity index (χ0) is 21.3. The predicted octanol–water partition coefficient (Wildman–Crippen LogP) is 4.26. The highest BCUT2D eigenvalue weighted by molar-refractivity contribution is 14.0. The van der Waals surface area contributed by atoms with Crippen LogP contribution in [0.3, 0.4) is 0 Å². The lowest BCUT2D eigenvalue weighted by Gasteiger charge is -2.33. The maximum absolute atomic E-state index is 4.82. The molecule has 7 heteroatoms. The van der Waals surface area contributed by atoms with Gasteiger partial charge in [-0.25, -0.2) is 4.98 Å². The maximum atomic E-state index is 4.82. The normalized spacial score (nSPS) is 15.5. The Bertz CT molecular complexity index is 963. The van der Waals surface area contributed by atoms with Crippen LogP contribution >= 0.6 is 24.0 Å². The Labute approximate surface area is 208 Å². The Balaban J connectivity index is 0.00000289. The summed E-state index contributed by atoms with van der Waals surface area (Å²) in [4.78, 5) is 11.8. The Morgan fingerprint density at radius 1 is 1.06 bits per heavy atom. The number of aryl methyl sites for hydroxylation is 1. The molecule has 0 bridgehead atoms. The number of piperidine rings is 1. The molecule has 0 saturated carbocycles. The minimum atomic E-state index is 0. The van der Waals surface area contributed by atoms with Gasteiger partial charge >= 0.3 is 0 Å². The van der Waals surface area contributed by atoms with Crippen molar-refractivity contribution in [2.75, 3.05) is 26.2 Å². The highest BCUT2D eigenvalue weighted by Gasteiger charge is 2.20. The molecule has 3 aromatic rings. The molecule has 2 heterocycles. The third-order valence-electron chi connectivity index (χ3n) is 5.88. The van der Waals surface area contributed by atoms with E-state index in [1.807, 2.05) is 12.4 Å². The first kappa shape index (κ1) is 24.5. The number of nitrogens with one attached hydrogen (secondary N) is 2. The highest BCUT2D eigenvalue weighted by Crippen LogP contribution is 2.14. The number of para-hydroxylation sites is 2. The van der Waals surface area contributed by atoms with Gasteiger partial charge < -0.3 is 15.2 Å². The molecular weight excluding hydrogens is 511 g/mol. The molecule has 0 aliphatic carbocycles. The minimum Gasteiger partial charge on any atom is -0.357 e. The predicted molar refractivity (Wildman–Crippen MR) is 144 cm³/mol. The van der Waals surface area contributed by atoms with Gasteiger partial charge in [-0.05, 0) is 43.9 Å². The smallest absolute Gasteiger partial charge is 0.191 e. The van der Waals surface area contributed by atoms with E-state index in [1.54, 1.807) is 0 Å². The van der Waals surface area contributed by atoms with Gasteiger partial charge in [-0.15, -0.1) is 24.0 Å². The molecular formula is C25H35IN6. The van der Waals surface area contributed by atoms with Crippen LogP contribution in [0.15, 0.2) is 65.9 Å². The average Bonchev–Trinajstić information content (AvgIpc) is 3.22. The second-order valence-electron chi connectivity index (χ2n) is 8.22. The van der Waals surface area contributed by atoms with Gasteiger partial charge in [0.1, 0.15) is 0 Å². The van der Waals surface area contributed by atoms with E-state index in [2.05, 4.69) is 80.5 Å². The molecule has 1 fully saturated rings. The van der Waals surface area contributed by atoms with E-state index in [-0.39, 0.29) is 24.0 Å². The number of likely N-dealkylation sites (tertiary alicyclic amines) is 1. The Hall–Kier alpha value is -2.13. The van der Waals surface area contributed by atoms with E-state index in [1.165, 1.54) is 11.1 Å². The molecule has 1 saturated heterocycles. The van der Waals surface area contributed by atoms with Crippen molar-refractivity contribution in [1.82, 2.24) is 25.1 Å². The van der Waals surface area contributed by atoms with Crippen molar-refractivity contribution in [2.24, 2.45) is 4.99 Å². The van der Waals surface area contributed by atoms with Crippen molar-refractivity contribution in [3.05, 3.63) is 66.5 Å². The van der Waals surface area contributed by atoms with Gasteiger partial charge in [0.25, 0.3) is 0 Å². The average molecular weight is 547 g/mol. The van der Waals surface area contributed by atoms with E-state index in [4.69, 9.17) is 4.99 Å². The molecule has 0 atom stereocenters. The fraction of sp³-hybridized carbons (Fsp3) is 0.440. The summed E-state index contributed by atoms with van der Waals surface area (Å²) in [5.74, 6) is 0.944. The number of fused-ring (bicyclic) bond motifs is 1. The standard InChI is InChI=1S/C25H34N6.HI/c1-2-26-25(27-15-8-16-31-20-28-23-11-6-7-12-24(23)31)29-22-13-17-30(18-14-22)19-21-9-4-3-5-10-21;/h3-7,9-12,20,22H,2,8,13-19H2,1H3,(H2,26,27,29);1H. The lowest BCUT2D eigenvalue weighted by atomic mass is 10.0. The number of hydrogen-bond donors (Lipinski definition) is 2. The van der Waals surface area contributed by atoms with Crippen LogP contribution in [0.2, 0.25) is 0 Å². The Morgan fingerprint density at radius 2 is 1.81 bits per heavy atom. The molecule has 0 amide bonds. The molecule has 1 aliphatic rings. The van der Waals surface area contributed by atoms with Crippen molar-refractivity contribution in [2.45, 2.75) is 45.3 Å². The third kappa shape index (κ3) is 6.93. The second-order valence-corrected chi connectivity index (χ2v) is 8.22. The molecule has 0 spiro atoms. The summed E-state index contributed by atoms with van der Waals surface area (Å²) in [7, 11) is 0. The summed E-state index contributed by atoms with van der Waals surface area (Å²) in [5.41, 5.74) is 3.65. The zero-order valence-corrected chi connectivity index (χ0v) is 21.2. The number of rotatable bonds is 8. The maximum Gasteiger partial charge on any atom is 0.191 e. The van der Waals surface area contributed by atoms with Crippen LogP contribution in [0.1, 0.15) is 31.7 Å². The second kappa shape index (κ2) is 12.8. The van der Waals surface area contributed by atoms with Crippen LogP contribution in [0.4, 0.5) is 0 Å². The number of benzene rings is 2. The summed E-state index contributed by atoms with van der Waals surface area (Å²) in [6.45, 7) is 8.03. The highest BCUT2D eigenvalue weighted by atomic mass is 127. The monoisotopic (exact) mass is 546 g/mol. The number of halogens is 1. The fourth-order valence-electron chi connectivity index (χ4n) is 4.21. The molecule has 1 aliphatic heterocycles. The summed E-state index contributed by atoms with van der Waals surface area (Å²) in [6.07, 6.45) is 5.23. The molecule has 32 heavy (non-hydrogen) atoms. The van der Waals surface area contributed by atoms with Crippen molar-refractivity contribution in [1.29, 1.82) is 0 Å². The van der Waals surface area contributed by atoms with Gasteiger partial charge in [0.15, 0.2) is 5.96 Å². The van der Waals surface area contributed by atoms with Gasteiger partial charge in [0.2, 0.25) is 0 Å². The van der Waals surface area contributed by atoms with Crippen LogP contribution in [0.5, 0.6) is 0 Å². The molecule has 2 N–H and O–H groups in total. The van der Waals surface area contributed by atoms with Gasteiger partial charge in [0, 0.05) is 45.3 Å². The van der Waals surface area contributed by atoms with Crippen molar-refractivity contribution in [3.8, 4) is 0 Å². The number of nitrogens with zero attached hydrogens (tertiary/aromatic N) is 4. The van der Waals surface area contributed by atoms with Crippen LogP contribution in [-0.2, 0) is 13.1 Å². The van der Waals surface area contributed by atoms with Crippen LogP contribution < -0.4 is 10.6 Å². The van der Waals surface area contributed by atoms with Gasteiger partial charge in [0.05, 0.1) is 17.4 Å². The number of hydrogen-bond acceptors (Lipinski definition) is 3. The van der Waals surface area contributed by atoms with E-state index in [9.17, 15) is 0 Å². The van der Waals surface area contributed by atoms with Crippen molar-refractivity contribution < 1.29 is 0 Å². The van der Waals surface area contributed by atoms with E-state index >= 15 is 0 Å². The lowest BCUT2D eigenvalue weighted by Crippen LogP contribution is -2.48. The summed E-state index contributed by atoms with van der Waals surface area (Å²) >= 11 is 0. The first-order valence-corrected chi connectivity index (χ1v) is 11.5. The zero-order valence-electron chi connectivity index (χ0n) is 18.9. The Morgan fingerprint density at radius 3 is 2.59 bits per heavy atom. The topological polar surface area (TPSA) is 57.5 Å². The minimum absolute atomic E-state index is 0.